The first-order chi connectivity index (χ1) is 31.5. The predicted octanol–water partition coefficient (Wildman–Crippen LogP) is 15.9. The fourth-order valence-electron chi connectivity index (χ4n) is 6.49. The van der Waals surface area contributed by atoms with Gasteiger partial charge in [-0.15, -0.1) is 6.07 Å². The molecule has 0 amide bonds. The molecule has 0 aliphatic heterocycles. The summed E-state index contributed by atoms with van der Waals surface area (Å²) in [5, 5.41) is 0. The van der Waals surface area contributed by atoms with E-state index < -0.39 is 147 Å². The van der Waals surface area contributed by atoms with E-state index in [4.69, 9.17) is 14.0 Å². The van der Waals surface area contributed by atoms with Gasteiger partial charge in [0.25, 0.3) is 0 Å². The second kappa shape index (κ2) is 20.6. The fourth-order valence-corrected chi connectivity index (χ4v) is 6.49. The Morgan fingerprint density at radius 1 is 0.443 bits per heavy atom. The number of benzene rings is 4. The van der Waals surface area contributed by atoms with Crippen molar-refractivity contribution in [3.8, 4) is 17.2 Å². The van der Waals surface area contributed by atoms with Crippen molar-refractivity contribution in [2.24, 2.45) is 0 Å². The van der Waals surface area contributed by atoms with Gasteiger partial charge in [0, 0.05) is 0 Å². The van der Waals surface area contributed by atoms with Crippen LogP contribution in [0.1, 0.15) is 76.9 Å². The maximum Gasteiger partial charge on any atom is 0.864 e. The third-order valence-corrected chi connectivity index (χ3v) is 10.0. The molecule has 0 radical (unpaired) electrons. The minimum atomic E-state index is -5.68. The molecule has 70 heavy (non-hydrogen) atoms. The van der Waals surface area contributed by atoms with Crippen LogP contribution >= 0.6 is 0 Å². The first kappa shape index (κ1) is 58.7. The minimum absolute atomic E-state index is 0.0488. The van der Waals surface area contributed by atoms with Crippen LogP contribution in [0.15, 0.2) is 79.4 Å². The Labute approximate surface area is 379 Å². The third kappa shape index (κ3) is 14.9. The molecule has 1 unspecified atom stereocenters. The maximum absolute atomic E-state index is 14.7. The van der Waals surface area contributed by atoms with E-state index in [2.05, 4.69) is 6.58 Å². The van der Waals surface area contributed by atoms with Crippen LogP contribution in [0.4, 0.5) is 105 Å². The molecule has 4 nitrogen and oxygen atoms in total. The zero-order valence-corrected chi connectivity index (χ0v) is 35.2. The zero-order chi connectivity index (χ0) is 54.0. The summed E-state index contributed by atoms with van der Waals surface area (Å²) < 4.78 is 337. The molecule has 0 N–H and O–H groups in total. The summed E-state index contributed by atoms with van der Waals surface area (Å²) in [7, 11) is -3.30. The number of alkyl halides is 24. The van der Waals surface area contributed by atoms with E-state index >= 15 is 0 Å². The third-order valence-electron chi connectivity index (χ3n) is 10.0. The van der Waals surface area contributed by atoms with E-state index in [1.807, 2.05) is 0 Å². The van der Waals surface area contributed by atoms with Crippen molar-refractivity contribution < 1.29 is 124 Å². The van der Waals surface area contributed by atoms with Crippen molar-refractivity contribution in [2.45, 2.75) is 76.2 Å². The lowest BCUT2D eigenvalue weighted by Gasteiger charge is -2.43. The van der Waals surface area contributed by atoms with Crippen LogP contribution in [0.2, 0.25) is 0 Å². The van der Waals surface area contributed by atoms with Crippen LogP contribution < -0.4 is 14.0 Å². The van der Waals surface area contributed by atoms with E-state index in [9.17, 15) is 105 Å². The molecular formula is C41H30BF24NO3. The van der Waals surface area contributed by atoms with Gasteiger partial charge in [0.05, 0.1) is 58.6 Å². The first-order valence-corrected chi connectivity index (χ1v) is 19.1. The number of hydrogen-bond donors (Lipinski definition) is 0. The second-order valence-corrected chi connectivity index (χ2v) is 14.4. The van der Waals surface area contributed by atoms with E-state index in [0.717, 1.165) is 6.08 Å². The quantitative estimate of drug-likeness (QED) is 0.0465. The van der Waals surface area contributed by atoms with Gasteiger partial charge >= 0.3 is 56.7 Å². The summed E-state index contributed by atoms with van der Waals surface area (Å²) in [6, 6.07) is -0.943. The first-order valence-electron chi connectivity index (χ1n) is 19.1. The van der Waals surface area contributed by atoms with Gasteiger partial charge in [-0.25, -0.2) is 0 Å². The standard InChI is InChI=1S/C33H27BF18NO3.C8H3F6/c1-5-25(53(6-2,7-3)8-4)27-24(33(50,51)52)15-21(32(47,48)49)16-26(27)56-34(54-22-11-17(28(35,36)37)9-18(12-22)29(38,39)40)55-23-13-19(30(41,42)43)10-20(14-23)31(44,45)46;9-7(10,11)5-2-1-3-6(4-5)8(12,13)14/h5,9-16,25H,1,6-8H2,2-4H3;2-4H/q+1;-1. The summed E-state index contributed by atoms with van der Waals surface area (Å²) in [5.74, 6) is -4.76. The predicted molar refractivity (Wildman–Crippen MR) is 197 cm³/mol. The van der Waals surface area contributed by atoms with Crippen LogP contribution in [-0.4, -0.2) is 31.4 Å². The van der Waals surface area contributed by atoms with Crippen LogP contribution in [0.3, 0.4) is 0 Å². The molecule has 1 atom stereocenters. The summed E-state index contributed by atoms with van der Waals surface area (Å²) >= 11 is 0. The van der Waals surface area contributed by atoms with Crippen LogP contribution in [-0.2, 0) is 49.4 Å². The Kier molecular flexibility index (Phi) is 17.3. The number of hydrogen-bond acceptors (Lipinski definition) is 3. The molecule has 4 rings (SSSR count). The molecular weight excluding hydrogens is 1020 g/mol. The van der Waals surface area contributed by atoms with Gasteiger partial charge in [0.15, 0.2) is 0 Å². The highest BCUT2D eigenvalue weighted by Gasteiger charge is 2.48. The van der Waals surface area contributed by atoms with Crippen molar-refractivity contribution in [2.75, 3.05) is 19.6 Å². The van der Waals surface area contributed by atoms with E-state index in [1.54, 1.807) is 6.07 Å². The molecule has 4 aromatic rings. The van der Waals surface area contributed by atoms with E-state index in [1.165, 1.54) is 20.8 Å². The molecule has 0 saturated heterocycles. The van der Waals surface area contributed by atoms with Crippen LogP contribution in [0.5, 0.6) is 17.2 Å². The Balaban J connectivity index is 0.000000791. The molecule has 0 heterocycles. The number of quaternary nitrogens is 1. The summed E-state index contributed by atoms with van der Waals surface area (Å²) in [5.41, 5.74) is -16.5. The highest BCUT2D eigenvalue weighted by molar-refractivity contribution is 6.39. The van der Waals surface area contributed by atoms with Gasteiger partial charge in [-0.2, -0.15) is 124 Å². The van der Waals surface area contributed by atoms with Crippen LogP contribution in [0, 0.1) is 6.07 Å². The second-order valence-electron chi connectivity index (χ2n) is 14.4. The summed E-state index contributed by atoms with van der Waals surface area (Å²) in [4.78, 5) is 0. The number of halogens is 24. The van der Waals surface area contributed by atoms with Crippen molar-refractivity contribution >= 4 is 7.32 Å². The van der Waals surface area contributed by atoms with E-state index in [-0.39, 0.29) is 62.1 Å². The average Bonchev–Trinajstić information content (AvgIpc) is 3.20. The molecule has 0 aliphatic carbocycles. The molecule has 388 valence electrons. The smallest absolute Gasteiger partial charge is 0.490 e. The normalized spacial score (nSPS) is 13.8. The van der Waals surface area contributed by atoms with Crippen molar-refractivity contribution in [3.63, 3.8) is 0 Å². The zero-order valence-electron chi connectivity index (χ0n) is 35.2. The van der Waals surface area contributed by atoms with Crippen molar-refractivity contribution in [1.82, 2.24) is 0 Å². The average molecular weight is 1050 g/mol. The molecule has 0 saturated carbocycles. The van der Waals surface area contributed by atoms with E-state index in [0.29, 0.717) is 12.1 Å². The monoisotopic (exact) mass is 1050 g/mol. The van der Waals surface area contributed by atoms with Crippen molar-refractivity contribution in [1.29, 1.82) is 0 Å². The maximum atomic E-state index is 14.7. The lowest BCUT2D eigenvalue weighted by atomic mass is 9.92. The van der Waals surface area contributed by atoms with Gasteiger partial charge in [-0.1, -0.05) is 17.7 Å². The molecule has 0 spiro atoms. The van der Waals surface area contributed by atoms with Gasteiger partial charge in [0.1, 0.15) is 23.3 Å². The highest BCUT2D eigenvalue weighted by Crippen LogP contribution is 2.48. The Hall–Kier alpha value is -5.64. The fraction of sp³-hybridized carbons (Fsp3) is 0.366. The largest absolute Gasteiger partial charge is 0.864 e. The summed E-state index contributed by atoms with van der Waals surface area (Å²) in [6.07, 6.45) is -42.4. The molecule has 0 aromatic heterocycles. The Morgan fingerprint density at radius 3 is 1.01 bits per heavy atom. The molecule has 4 aromatic carbocycles. The van der Waals surface area contributed by atoms with Gasteiger partial charge < -0.3 is 18.4 Å². The number of likely N-dealkylation sites (N-methyl/N-ethyl adjacent to an activating group) is 1. The molecule has 0 fully saturated rings. The van der Waals surface area contributed by atoms with Gasteiger partial charge in [0.2, 0.25) is 0 Å². The number of nitrogens with zero attached hydrogens (tertiary/aromatic N) is 1. The minimum Gasteiger partial charge on any atom is -0.490 e. The molecule has 29 heteroatoms. The highest BCUT2D eigenvalue weighted by atomic mass is 19.4. The summed E-state index contributed by atoms with van der Waals surface area (Å²) in [6.45, 7) is 7.73. The van der Waals surface area contributed by atoms with Gasteiger partial charge in [-0.3, -0.25) is 0 Å². The molecule has 0 aliphatic rings. The Morgan fingerprint density at radius 2 is 0.743 bits per heavy atom. The van der Waals surface area contributed by atoms with Crippen molar-refractivity contribution in [3.05, 3.63) is 136 Å². The molecule has 0 bridgehead atoms. The lowest BCUT2D eigenvalue weighted by Crippen LogP contribution is -2.50. The van der Waals surface area contributed by atoms with Gasteiger partial charge in [-0.05, 0) is 75.4 Å². The topological polar surface area (TPSA) is 27.7 Å². The number of rotatable bonds is 12. The lowest BCUT2D eigenvalue weighted by molar-refractivity contribution is -0.946. The SMILES string of the molecule is C=CC(c1c(OB(Oc2cc(C(F)(F)F)cc(C(F)(F)F)c2)Oc2cc(C(F)(F)F)cc(C(F)(F)F)c2)cc(C(F)(F)F)cc1C(F)(F)F)[N+](CC)(CC)CC.FC(F)(F)c1c[c-]cc(C(F)(F)F)c1. The Bertz CT molecular complexity index is 2240. The van der Waals surface area contributed by atoms with Crippen LogP contribution in [0.25, 0.3) is 0 Å².